The van der Waals surface area contributed by atoms with Gasteiger partial charge >= 0.3 is 0 Å². The number of nitrogens with zero attached hydrogens (tertiary/aromatic N) is 4. The summed E-state index contributed by atoms with van der Waals surface area (Å²) in [6, 6.07) is 8.11. The number of ether oxygens (including phenoxy) is 1. The molecule has 0 spiro atoms. The van der Waals surface area contributed by atoms with Crippen LogP contribution in [0.2, 0.25) is 0 Å². The molecule has 1 N–H and O–H groups in total. The molecular weight excluding hydrogens is 306 g/mol. The number of fused-ring (bicyclic) bond motifs is 1. The highest BCUT2D eigenvalue weighted by Crippen LogP contribution is 2.21. The molecule has 1 aliphatic heterocycles. The van der Waals surface area contributed by atoms with E-state index >= 15 is 0 Å². The molecule has 124 valence electrons. The fourth-order valence-corrected chi connectivity index (χ4v) is 3.04. The van der Waals surface area contributed by atoms with E-state index in [9.17, 15) is 4.79 Å². The highest BCUT2D eigenvalue weighted by Gasteiger charge is 2.17. The third-order valence-electron chi connectivity index (χ3n) is 4.29. The Morgan fingerprint density at radius 3 is 3.00 bits per heavy atom. The first kappa shape index (κ1) is 14.9. The second-order valence-corrected chi connectivity index (χ2v) is 5.96. The van der Waals surface area contributed by atoms with Gasteiger partial charge in [-0.1, -0.05) is 12.1 Å². The molecule has 3 aromatic rings. The zero-order chi connectivity index (χ0) is 16.4. The summed E-state index contributed by atoms with van der Waals surface area (Å²) in [4.78, 5) is 16.6. The number of para-hydroxylation sites is 2. The molecule has 1 amide bonds. The van der Waals surface area contributed by atoms with Crippen molar-refractivity contribution in [2.75, 3.05) is 18.5 Å². The first-order chi connectivity index (χ1) is 11.8. The molecule has 1 saturated heterocycles. The quantitative estimate of drug-likeness (QED) is 0.798. The summed E-state index contributed by atoms with van der Waals surface area (Å²) in [5.74, 6) is -0.0929. The van der Waals surface area contributed by atoms with E-state index in [1.165, 1.54) is 0 Å². The number of rotatable bonds is 4. The van der Waals surface area contributed by atoms with Gasteiger partial charge in [0.1, 0.15) is 6.54 Å². The number of amides is 1. The van der Waals surface area contributed by atoms with E-state index in [4.69, 9.17) is 4.74 Å². The van der Waals surface area contributed by atoms with Crippen molar-refractivity contribution in [1.82, 2.24) is 19.3 Å². The average Bonchev–Trinajstić information content (AvgIpc) is 3.23. The van der Waals surface area contributed by atoms with Crippen molar-refractivity contribution >= 4 is 22.6 Å². The predicted molar refractivity (Wildman–Crippen MR) is 89.7 cm³/mol. The molecule has 1 aliphatic rings. The lowest BCUT2D eigenvalue weighted by atomic mass is 10.1. The van der Waals surface area contributed by atoms with Crippen LogP contribution >= 0.6 is 0 Å². The van der Waals surface area contributed by atoms with Crippen molar-refractivity contribution in [3.8, 4) is 0 Å². The first-order valence-corrected chi connectivity index (χ1v) is 8.11. The van der Waals surface area contributed by atoms with Crippen molar-refractivity contribution in [2.24, 2.45) is 0 Å². The number of anilines is 1. The lowest BCUT2D eigenvalue weighted by Gasteiger charge is -2.22. The molecule has 1 fully saturated rings. The Morgan fingerprint density at radius 1 is 1.29 bits per heavy atom. The molecule has 7 heteroatoms. The molecule has 0 saturated carbocycles. The zero-order valence-electron chi connectivity index (χ0n) is 13.3. The summed E-state index contributed by atoms with van der Waals surface area (Å²) in [7, 11) is 0. The molecule has 0 unspecified atom stereocenters. The number of nitrogens with one attached hydrogen (secondary N) is 1. The van der Waals surface area contributed by atoms with Crippen LogP contribution in [0.1, 0.15) is 18.9 Å². The van der Waals surface area contributed by atoms with Gasteiger partial charge in [0.05, 0.1) is 35.3 Å². The molecule has 0 aliphatic carbocycles. The Kier molecular flexibility index (Phi) is 4.00. The van der Waals surface area contributed by atoms with Crippen molar-refractivity contribution in [3.63, 3.8) is 0 Å². The van der Waals surface area contributed by atoms with Crippen molar-refractivity contribution in [2.45, 2.75) is 25.4 Å². The Balaban J connectivity index is 1.42. The monoisotopic (exact) mass is 325 g/mol. The Bertz CT molecular complexity index is 847. The third-order valence-corrected chi connectivity index (χ3v) is 4.29. The number of aromatic nitrogens is 4. The lowest BCUT2D eigenvalue weighted by Crippen LogP contribution is -2.20. The van der Waals surface area contributed by atoms with Crippen LogP contribution in [0.4, 0.5) is 5.69 Å². The zero-order valence-corrected chi connectivity index (χ0v) is 13.3. The summed E-state index contributed by atoms with van der Waals surface area (Å²) in [6.07, 6.45) is 7.18. The van der Waals surface area contributed by atoms with Gasteiger partial charge in [0, 0.05) is 19.4 Å². The average molecular weight is 325 g/mol. The van der Waals surface area contributed by atoms with Crippen LogP contribution < -0.4 is 5.32 Å². The van der Waals surface area contributed by atoms with E-state index in [1.54, 1.807) is 12.5 Å². The number of carbonyl (C=O) groups excluding carboxylic acids is 1. The summed E-state index contributed by atoms with van der Waals surface area (Å²) in [6.45, 7) is 1.75. The minimum Gasteiger partial charge on any atom is -0.381 e. The van der Waals surface area contributed by atoms with E-state index in [1.807, 2.05) is 39.7 Å². The highest BCUT2D eigenvalue weighted by molar-refractivity contribution is 5.91. The van der Waals surface area contributed by atoms with E-state index in [0.29, 0.717) is 6.04 Å². The smallest absolute Gasteiger partial charge is 0.244 e. The van der Waals surface area contributed by atoms with Gasteiger partial charge < -0.3 is 14.6 Å². The molecule has 2 aromatic heterocycles. The van der Waals surface area contributed by atoms with Gasteiger partial charge in [0.25, 0.3) is 0 Å². The van der Waals surface area contributed by atoms with Crippen molar-refractivity contribution < 1.29 is 9.53 Å². The molecule has 0 radical (unpaired) electrons. The normalized spacial score (nSPS) is 15.7. The molecule has 24 heavy (non-hydrogen) atoms. The van der Waals surface area contributed by atoms with Gasteiger partial charge in [0.15, 0.2) is 0 Å². The topological polar surface area (TPSA) is 74.0 Å². The standard InChI is InChI=1S/C17H19N5O2/c23-17(11-21-12-18-15-3-1-2-4-16(15)21)20-13-9-19-22(10-13)14-5-7-24-8-6-14/h1-4,9-10,12,14H,5-8,11H2,(H,20,23). The molecule has 3 heterocycles. The van der Waals surface area contributed by atoms with E-state index in [0.717, 1.165) is 42.8 Å². The summed E-state index contributed by atoms with van der Waals surface area (Å²) >= 11 is 0. The maximum atomic E-state index is 12.3. The summed E-state index contributed by atoms with van der Waals surface area (Å²) in [5, 5.41) is 7.27. The molecular formula is C17H19N5O2. The number of imidazole rings is 1. The SMILES string of the molecule is O=C(Cn1cnc2ccccc21)Nc1cnn(C2CCOCC2)c1. The first-order valence-electron chi connectivity index (χ1n) is 8.11. The predicted octanol–water partition coefficient (Wildman–Crippen LogP) is 2.22. The van der Waals surface area contributed by atoms with Gasteiger partial charge in [0.2, 0.25) is 5.91 Å². The van der Waals surface area contributed by atoms with Crippen LogP contribution in [-0.2, 0) is 16.1 Å². The molecule has 7 nitrogen and oxygen atoms in total. The third kappa shape index (κ3) is 3.03. The minimum absolute atomic E-state index is 0.0929. The Labute approximate surface area is 139 Å². The maximum Gasteiger partial charge on any atom is 0.244 e. The largest absolute Gasteiger partial charge is 0.381 e. The number of carbonyl (C=O) groups is 1. The van der Waals surface area contributed by atoms with Crippen LogP contribution in [0, 0.1) is 0 Å². The molecule has 0 bridgehead atoms. The van der Waals surface area contributed by atoms with E-state index in [2.05, 4.69) is 15.4 Å². The second kappa shape index (κ2) is 6.45. The van der Waals surface area contributed by atoms with Crippen LogP contribution in [0.25, 0.3) is 11.0 Å². The molecule has 0 atom stereocenters. The van der Waals surface area contributed by atoms with Crippen LogP contribution in [0.15, 0.2) is 43.0 Å². The number of hydrogen-bond acceptors (Lipinski definition) is 4. The van der Waals surface area contributed by atoms with E-state index < -0.39 is 0 Å². The number of hydrogen-bond donors (Lipinski definition) is 1. The minimum atomic E-state index is -0.0929. The van der Waals surface area contributed by atoms with Crippen molar-refractivity contribution in [3.05, 3.63) is 43.0 Å². The molecule has 4 rings (SSSR count). The summed E-state index contributed by atoms with van der Waals surface area (Å²) < 4.78 is 9.13. The fraction of sp³-hybridized carbons (Fsp3) is 0.353. The fourth-order valence-electron chi connectivity index (χ4n) is 3.04. The van der Waals surface area contributed by atoms with Gasteiger partial charge in [-0.05, 0) is 25.0 Å². The Hall–Kier alpha value is -2.67. The van der Waals surface area contributed by atoms with Gasteiger partial charge in [-0.2, -0.15) is 5.10 Å². The maximum absolute atomic E-state index is 12.3. The second-order valence-electron chi connectivity index (χ2n) is 5.96. The van der Waals surface area contributed by atoms with Gasteiger partial charge in [-0.25, -0.2) is 4.98 Å². The lowest BCUT2D eigenvalue weighted by molar-refractivity contribution is -0.116. The van der Waals surface area contributed by atoms with Gasteiger partial charge in [-0.3, -0.25) is 9.48 Å². The highest BCUT2D eigenvalue weighted by atomic mass is 16.5. The molecule has 1 aromatic carbocycles. The van der Waals surface area contributed by atoms with E-state index in [-0.39, 0.29) is 12.5 Å². The Morgan fingerprint density at radius 2 is 2.12 bits per heavy atom. The van der Waals surface area contributed by atoms with Gasteiger partial charge in [-0.15, -0.1) is 0 Å². The van der Waals surface area contributed by atoms with Crippen LogP contribution in [0.5, 0.6) is 0 Å². The van der Waals surface area contributed by atoms with Crippen LogP contribution in [0.3, 0.4) is 0 Å². The van der Waals surface area contributed by atoms with Crippen LogP contribution in [-0.4, -0.2) is 38.5 Å². The summed E-state index contributed by atoms with van der Waals surface area (Å²) in [5.41, 5.74) is 2.55. The van der Waals surface area contributed by atoms with Crippen molar-refractivity contribution in [1.29, 1.82) is 0 Å². The number of benzene rings is 1.